The molecule has 2 rings (SSSR count). The van der Waals surface area contributed by atoms with Crippen LogP contribution in [-0.2, 0) is 20.9 Å². The third-order valence-electron chi connectivity index (χ3n) is 5.46. The molecule has 0 fully saturated rings. The number of ether oxygens (including phenoxy) is 3. The van der Waals surface area contributed by atoms with Gasteiger partial charge in [0.05, 0.1) is 12.2 Å². The molecule has 0 radical (unpaired) electrons. The van der Waals surface area contributed by atoms with E-state index in [1.165, 1.54) is 19.3 Å². The first-order valence-corrected chi connectivity index (χ1v) is 12.7. The largest absolute Gasteiger partial charge is 0.494 e. The fourth-order valence-electron chi connectivity index (χ4n) is 3.57. The van der Waals surface area contributed by atoms with Crippen LogP contribution < -0.4 is 10.5 Å². The Morgan fingerprint density at radius 3 is 2.17 bits per heavy atom. The molecule has 192 valence electrons. The average molecular weight is 484 g/mol. The molecule has 0 aromatic heterocycles. The number of nitrogen functional groups attached to an aromatic ring is 1. The molecule has 0 aliphatic carbocycles. The van der Waals surface area contributed by atoms with E-state index in [0.717, 1.165) is 37.7 Å². The molecule has 0 amide bonds. The second-order valence-corrected chi connectivity index (χ2v) is 9.82. The first-order chi connectivity index (χ1) is 16.7. The summed E-state index contributed by atoms with van der Waals surface area (Å²) >= 11 is 0. The topological polar surface area (TPSA) is 87.8 Å². The molecular weight excluding hydrogens is 442 g/mol. The van der Waals surface area contributed by atoms with Crippen molar-refractivity contribution in [1.82, 2.24) is 0 Å². The monoisotopic (exact) mass is 483 g/mol. The second-order valence-electron chi connectivity index (χ2n) is 9.82. The Morgan fingerprint density at radius 1 is 0.829 bits per heavy atom. The number of carbonyl (C=O) groups is 2. The zero-order valence-electron chi connectivity index (χ0n) is 21.5. The number of unbranched alkanes of at least 4 members (excludes halogenated alkanes) is 7. The molecule has 2 aromatic carbocycles. The number of hydrogen-bond donors (Lipinski definition) is 1. The van der Waals surface area contributed by atoms with E-state index in [-0.39, 0.29) is 18.5 Å². The van der Waals surface area contributed by atoms with Gasteiger partial charge in [-0.2, -0.15) is 0 Å². The smallest absolute Gasteiger partial charge is 0.338 e. The van der Waals surface area contributed by atoms with Crippen molar-refractivity contribution in [3.05, 3.63) is 59.7 Å². The van der Waals surface area contributed by atoms with Gasteiger partial charge in [0.2, 0.25) is 0 Å². The summed E-state index contributed by atoms with van der Waals surface area (Å²) in [5, 5.41) is 0. The summed E-state index contributed by atoms with van der Waals surface area (Å²) in [6.45, 7) is 6.44. The molecule has 0 heterocycles. The summed E-state index contributed by atoms with van der Waals surface area (Å²) in [7, 11) is 0. The summed E-state index contributed by atoms with van der Waals surface area (Å²) in [5.74, 6) is 0.196. The van der Waals surface area contributed by atoms with E-state index in [0.29, 0.717) is 30.0 Å². The molecule has 0 aliphatic rings. The summed E-state index contributed by atoms with van der Waals surface area (Å²) in [6.07, 6.45) is 9.11. The van der Waals surface area contributed by atoms with E-state index in [2.05, 4.69) is 0 Å². The van der Waals surface area contributed by atoms with Crippen LogP contribution in [0.15, 0.2) is 48.5 Å². The first-order valence-electron chi connectivity index (χ1n) is 12.7. The molecule has 0 bridgehead atoms. The van der Waals surface area contributed by atoms with Crippen LogP contribution in [0.2, 0.25) is 0 Å². The lowest BCUT2D eigenvalue weighted by Gasteiger charge is -2.19. The molecule has 2 aromatic rings. The van der Waals surface area contributed by atoms with Crippen LogP contribution in [-0.4, -0.2) is 24.1 Å². The van der Waals surface area contributed by atoms with Gasteiger partial charge in [0, 0.05) is 17.7 Å². The summed E-state index contributed by atoms with van der Waals surface area (Å²) in [4.78, 5) is 24.1. The van der Waals surface area contributed by atoms with Gasteiger partial charge in [-0.15, -0.1) is 0 Å². The SMILES string of the molecule is CC(C)(C)OC(=O)c1cccc(OCCCCCCCCCCC(=O)OCc2ccccc2N)c1. The number of benzene rings is 2. The van der Waals surface area contributed by atoms with Crippen LogP contribution in [0, 0.1) is 0 Å². The molecule has 0 saturated carbocycles. The van der Waals surface area contributed by atoms with Crippen molar-refractivity contribution in [3.63, 3.8) is 0 Å². The van der Waals surface area contributed by atoms with Gasteiger partial charge in [-0.3, -0.25) is 4.79 Å². The Hall–Kier alpha value is -3.02. The molecular formula is C29H41NO5. The highest BCUT2D eigenvalue weighted by Gasteiger charge is 2.18. The van der Waals surface area contributed by atoms with E-state index in [4.69, 9.17) is 19.9 Å². The minimum Gasteiger partial charge on any atom is -0.494 e. The minimum atomic E-state index is -0.516. The number of rotatable bonds is 15. The number of carbonyl (C=O) groups excluding carboxylic acids is 2. The average Bonchev–Trinajstić information content (AvgIpc) is 2.81. The van der Waals surface area contributed by atoms with Gasteiger partial charge >= 0.3 is 11.9 Å². The van der Waals surface area contributed by atoms with Gasteiger partial charge in [0.15, 0.2) is 0 Å². The lowest BCUT2D eigenvalue weighted by molar-refractivity contribution is -0.145. The first kappa shape index (κ1) is 28.2. The molecule has 35 heavy (non-hydrogen) atoms. The van der Waals surface area contributed by atoms with E-state index in [1.807, 2.05) is 57.2 Å². The van der Waals surface area contributed by atoms with E-state index in [1.54, 1.807) is 12.1 Å². The number of esters is 2. The van der Waals surface area contributed by atoms with Crippen molar-refractivity contribution in [2.45, 2.75) is 90.8 Å². The van der Waals surface area contributed by atoms with Crippen LogP contribution in [0.4, 0.5) is 5.69 Å². The van der Waals surface area contributed by atoms with Crippen molar-refractivity contribution in [1.29, 1.82) is 0 Å². The molecule has 6 heteroatoms. The summed E-state index contributed by atoms with van der Waals surface area (Å²) in [5.41, 5.74) is 7.35. The standard InChI is InChI=1S/C29H41NO5/c1-29(2,3)35-28(32)23-16-14-17-25(21-23)33-20-13-9-7-5-4-6-8-10-19-27(31)34-22-24-15-11-12-18-26(24)30/h11-12,14-18,21H,4-10,13,19-20,22,30H2,1-3H3. The normalized spacial score (nSPS) is 11.2. The zero-order valence-corrected chi connectivity index (χ0v) is 21.5. The molecule has 0 saturated heterocycles. The van der Waals surface area contributed by atoms with Crippen LogP contribution in [0.5, 0.6) is 5.75 Å². The van der Waals surface area contributed by atoms with Gasteiger partial charge in [0.1, 0.15) is 18.0 Å². The van der Waals surface area contributed by atoms with Crippen LogP contribution >= 0.6 is 0 Å². The lowest BCUT2D eigenvalue weighted by atomic mass is 10.1. The Balaban J connectivity index is 1.45. The quantitative estimate of drug-likeness (QED) is 0.169. The lowest BCUT2D eigenvalue weighted by Crippen LogP contribution is -2.23. The Kier molecular flexibility index (Phi) is 12.2. The predicted molar refractivity (Wildman–Crippen MR) is 139 cm³/mol. The highest BCUT2D eigenvalue weighted by Crippen LogP contribution is 2.18. The van der Waals surface area contributed by atoms with Gasteiger partial charge in [-0.25, -0.2) is 4.79 Å². The van der Waals surface area contributed by atoms with Gasteiger partial charge < -0.3 is 19.9 Å². The summed E-state index contributed by atoms with van der Waals surface area (Å²) in [6, 6.07) is 14.6. The van der Waals surface area contributed by atoms with E-state index in [9.17, 15) is 9.59 Å². The number of hydrogen-bond acceptors (Lipinski definition) is 6. The third-order valence-corrected chi connectivity index (χ3v) is 5.46. The Labute approximate surface area is 210 Å². The van der Waals surface area contributed by atoms with Crippen LogP contribution in [0.1, 0.15) is 94.5 Å². The van der Waals surface area contributed by atoms with Crippen molar-refractivity contribution in [2.75, 3.05) is 12.3 Å². The van der Waals surface area contributed by atoms with Crippen molar-refractivity contribution >= 4 is 17.6 Å². The second kappa shape index (κ2) is 15.1. The van der Waals surface area contributed by atoms with Crippen molar-refractivity contribution in [2.24, 2.45) is 0 Å². The van der Waals surface area contributed by atoms with E-state index < -0.39 is 5.60 Å². The van der Waals surface area contributed by atoms with Crippen LogP contribution in [0.3, 0.4) is 0 Å². The highest BCUT2D eigenvalue weighted by molar-refractivity contribution is 5.90. The molecule has 0 aliphatic heterocycles. The predicted octanol–water partition coefficient (Wildman–Crippen LogP) is 6.86. The maximum Gasteiger partial charge on any atom is 0.338 e. The van der Waals surface area contributed by atoms with Crippen molar-refractivity contribution < 1.29 is 23.8 Å². The molecule has 0 atom stereocenters. The fourth-order valence-corrected chi connectivity index (χ4v) is 3.57. The van der Waals surface area contributed by atoms with Gasteiger partial charge in [0.25, 0.3) is 0 Å². The number of para-hydroxylation sites is 1. The molecule has 0 spiro atoms. The molecule has 2 N–H and O–H groups in total. The van der Waals surface area contributed by atoms with E-state index >= 15 is 0 Å². The maximum absolute atomic E-state index is 12.2. The fraction of sp³-hybridized carbons (Fsp3) is 0.517. The number of anilines is 1. The molecule has 6 nitrogen and oxygen atoms in total. The van der Waals surface area contributed by atoms with Crippen molar-refractivity contribution in [3.8, 4) is 5.75 Å². The third kappa shape index (κ3) is 12.3. The molecule has 0 unspecified atom stereocenters. The zero-order chi connectivity index (χ0) is 25.5. The summed E-state index contributed by atoms with van der Waals surface area (Å²) < 4.78 is 16.5. The van der Waals surface area contributed by atoms with Gasteiger partial charge in [-0.05, 0) is 57.9 Å². The maximum atomic E-state index is 12.2. The Morgan fingerprint density at radius 2 is 1.49 bits per heavy atom. The minimum absolute atomic E-state index is 0.162. The highest BCUT2D eigenvalue weighted by atomic mass is 16.6. The van der Waals surface area contributed by atoms with Crippen LogP contribution in [0.25, 0.3) is 0 Å². The number of nitrogens with two attached hydrogens (primary N) is 1. The van der Waals surface area contributed by atoms with Gasteiger partial charge in [-0.1, -0.05) is 62.8 Å². The Bertz CT molecular complexity index is 919.